The molecule has 1 heterocycles. The molecule has 0 radical (unpaired) electrons. The lowest BCUT2D eigenvalue weighted by molar-refractivity contribution is 0.0696. The number of nitrogens with one attached hydrogen (secondary N) is 1. The molecule has 7 nitrogen and oxygen atoms in total. The minimum Gasteiger partial charge on any atom is -0.478 e. The van der Waals surface area contributed by atoms with Gasteiger partial charge in [0.05, 0.1) is 16.2 Å². The molecule has 1 aromatic carbocycles. The number of hydrogen-bond acceptors (Lipinski definition) is 5. The Balaban J connectivity index is 2.31. The summed E-state index contributed by atoms with van der Waals surface area (Å²) in [6, 6.07) is 4.86. The second-order valence-corrected chi connectivity index (χ2v) is 5.84. The zero-order valence-corrected chi connectivity index (χ0v) is 11.6. The number of aryl methyl sites for hydroxylation is 1. The molecule has 2 N–H and O–H groups in total. The topological polar surface area (TPSA) is 110 Å². The molecule has 0 amide bonds. The highest BCUT2D eigenvalue weighted by Gasteiger charge is 2.19. The Kier molecular flexibility index (Phi) is 3.49. The number of rotatable bonds is 4. The van der Waals surface area contributed by atoms with Crippen molar-refractivity contribution in [3.63, 3.8) is 0 Å². The van der Waals surface area contributed by atoms with Crippen LogP contribution in [0.1, 0.15) is 21.6 Å². The molecule has 0 aliphatic rings. The van der Waals surface area contributed by atoms with Crippen molar-refractivity contribution in [2.45, 2.75) is 18.7 Å². The molecular formula is C12H12N2O5S. The van der Waals surface area contributed by atoms with Gasteiger partial charge in [-0.1, -0.05) is 5.16 Å². The van der Waals surface area contributed by atoms with E-state index >= 15 is 0 Å². The summed E-state index contributed by atoms with van der Waals surface area (Å²) in [5.74, 6) is -1.08. The smallest absolute Gasteiger partial charge is 0.335 e. The fourth-order valence-electron chi connectivity index (χ4n) is 1.47. The second kappa shape index (κ2) is 4.97. The van der Waals surface area contributed by atoms with Crippen molar-refractivity contribution in [2.75, 3.05) is 4.72 Å². The van der Waals surface area contributed by atoms with Gasteiger partial charge in [0.1, 0.15) is 0 Å². The largest absolute Gasteiger partial charge is 0.478 e. The fourth-order valence-corrected chi connectivity index (χ4v) is 2.51. The van der Waals surface area contributed by atoms with Gasteiger partial charge < -0.3 is 9.63 Å². The zero-order valence-electron chi connectivity index (χ0n) is 10.7. The number of sulfonamides is 1. The van der Waals surface area contributed by atoms with Crippen LogP contribution in [0.3, 0.4) is 0 Å². The predicted molar refractivity (Wildman–Crippen MR) is 70.2 cm³/mol. The maximum absolute atomic E-state index is 12.1. The molecule has 0 aliphatic carbocycles. The first-order valence-electron chi connectivity index (χ1n) is 5.60. The van der Waals surface area contributed by atoms with Crippen molar-refractivity contribution in [2.24, 2.45) is 0 Å². The van der Waals surface area contributed by atoms with Crippen molar-refractivity contribution in [3.8, 4) is 0 Å². The number of aromatic nitrogens is 1. The van der Waals surface area contributed by atoms with E-state index in [0.717, 1.165) is 0 Å². The first-order chi connectivity index (χ1) is 9.31. The van der Waals surface area contributed by atoms with Crippen LogP contribution in [0.5, 0.6) is 0 Å². The van der Waals surface area contributed by atoms with E-state index in [-0.39, 0.29) is 16.3 Å². The Morgan fingerprint density at radius 2 is 1.85 bits per heavy atom. The van der Waals surface area contributed by atoms with Gasteiger partial charge in [-0.15, -0.1) is 0 Å². The van der Waals surface area contributed by atoms with Gasteiger partial charge >= 0.3 is 5.97 Å². The van der Waals surface area contributed by atoms with Gasteiger partial charge in [-0.2, -0.15) is 0 Å². The lowest BCUT2D eigenvalue weighted by Gasteiger charge is -2.05. The van der Waals surface area contributed by atoms with Gasteiger partial charge in [-0.25, -0.2) is 17.9 Å². The summed E-state index contributed by atoms with van der Waals surface area (Å²) in [6.45, 7) is 3.37. The molecule has 0 fully saturated rings. The SMILES string of the molecule is Cc1noc(NS(=O)(=O)c2ccc(C(=O)O)cc2)c1C. The molecule has 0 atom stereocenters. The molecule has 2 aromatic rings. The summed E-state index contributed by atoms with van der Waals surface area (Å²) < 4.78 is 31.3. The number of carboxylic acids is 1. The van der Waals surface area contributed by atoms with E-state index in [0.29, 0.717) is 11.3 Å². The second-order valence-electron chi connectivity index (χ2n) is 4.16. The molecule has 0 spiro atoms. The molecule has 0 unspecified atom stereocenters. The van der Waals surface area contributed by atoms with E-state index in [1.807, 2.05) is 0 Å². The highest BCUT2D eigenvalue weighted by atomic mass is 32.2. The molecule has 2 rings (SSSR count). The third-order valence-electron chi connectivity index (χ3n) is 2.80. The predicted octanol–water partition coefficient (Wildman–Crippen LogP) is 1.79. The van der Waals surface area contributed by atoms with Crippen molar-refractivity contribution in [1.29, 1.82) is 0 Å². The Hall–Kier alpha value is -2.35. The number of hydrogen-bond donors (Lipinski definition) is 2. The summed E-state index contributed by atoms with van der Waals surface area (Å²) in [7, 11) is -3.84. The molecule has 1 aromatic heterocycles. The molecule has 0 bridgehead atoms. The zero-order chi connectivity index (χ0) is 14.9. The minimum atomic E-state index is -3.84. The standard InChI is InChI=1S/C12H12N2O5S/c1-7-8(2)13-19-11(7)14-20(17,18)10-5-3-9(4-6-10)12(15)16/h3-6,14H,1-2H3,(H,15,16). The number of benzene rings is 1. The van der Waals surface area contributed by atoms with Crippen molar-refractivity contribution in [1.82, 2.24) is 5.16 Å². The average Bonchev–Trinajstić information content (AvgIpc) is 2.70. The maximum Gasteiger partial charge on any atom is 0.335 e. The van der Waals surface area contributed by atoms with Gasteiger partial charge in [0.2, 0.25) is 5.88 Å². The van der Waals surface area contributed by atoms with Crippen LogP contribution in [-0.2, 0) is 10.0 Å². The van der Waals surface area contributed by atoms with Crippen LogP contribution < -0.4 is 4.72 Å². The third kappa shape index (κ3) is 2.64. The van der Waals surface area contributed by atoms with E-state index < -0.39 is 16.0 Å². The summed E-state index contributed by atoms with van der Waals surface area (Å²) in [6.07, 6.45) is 0. The molecule has 106 valence electrons. The Labute approximate surface area is 115 Å². The summed E-state index contributed by atoms with van der Waals surface area (Å²) in [5.41, 5.74) is 1.19. The third-order valence-corrected chi connectivity index (χ3v) is 4.14. The molecular weight excluding hydrogens is 284 g/mol. The molecule has 20 heavy (non-hydrogen) atoms. The van der Waals surface area contributed by atoms with Crippen LogP contribution in [0.2, 0.25) is 0 Å². The van der Waals surface area contributed by atoms with Crippen LogP contribution in [-0.4, -0.2) is 24.7 Å². The quantitative estimate of drug-likeness (QED) is 0.890. The number of carboxylic acid groups (broad SMARTS) is 1. The normalized spacial score (nSPS) is 11.3. The lowest BCUT2D eigenvalue weighted by atomic mass is 10.2. The summed E-state index contributed by atoms with van der Waals surface area (Å²) in [5, 5.41) is 12.4. The molecule has 8 heteroatoms. The van der Waals surface area contributed by atoms with Gasteiger partial charge in [-0.05, 0) is 38.1 Å². The van der Waals surface area contributed by atoms with Gasteiger partial charge in [0, 0.05) is 5.56 Å². The van der Waals surface area contributed by atoms with Crippen LogP contribution in [0.25, 0.3) is 0 Å². The minimum absolute atomic E-state index is 0.00985. The monoisotopic (exact) mass is 296 g/mol. The number of nitrogens with zero attached hydrogens (tertiary/aromatic N) is 1. The number of anilines is 1. The van der Waals surface area contributed by atoms with Crippen LogP contribution in [0, 0.1) is 13.8 Å². The van der Waals surface area contributed by atoms with E-state index in [1.165, 1.54) is 24.3 Å². The Bertz CT molecular complexity index is 747. The van der Waals surface area contributed by atoms with E-state index in [9.17, 15) is 13.2 Å². The Morgan fingerprint density at radius 3 is 2.30 bits per heavy atom. The van der Waals surface area contributed by atoms with Crippen molar-refractivity contribution >= 4 is 21.9 Å². The highest BCUT2D eigenvalue weighted by molar-refractivity contribution is 7.92. The summed E-state index contributed by atoms with van der Waals surface area (Å²) in [4.78, 5) is 10.7. The van der Waals surface area contributed by atoms with Crippen LogP contribution >= 0.6 is 0 Å². The van der Waals surface area contributed by atoms with Gasteiger partial charge in [-0.3, -0.25) is 0 Å². The molecule has 0 saturated heterocycles. The maximum atomic E-state index is 12.1. The van der Waals surface area contributed by atoms with Gasteiger partial charge in [0.25, 0.3) is 10.0 Å². The molecule has 0 saturated carbocycles. The fraction of sp³-hybridized carbons (Fsp3) is 0.167. The van der Waals surface area contributed by atoms with E-state index in [2.05, 4.69) is 9.88 Å². The molecule has 0 aliphatic heterocycles. The van der Waals surface area contributed by atoms with Crippen molar-refractivity contribution < 1.29 is 22.8 Å². The van der Waals surface area contributed by atoms with E-state index in [1.54, 1.807) is 13.8 Å². The van der Waals surface area contributed by atoms with Crippen LogP contribution in [0.15, 0.2) is 33.7 Å². The van der Waals surface area contributed by atoms with Crippen molar-refractivity contribution in [3.05, 3.63) is 41.1 Å². The lowest BCUT2D eigenvalue weighted by Crippen LogP contribution is -2.13. The number of aromatic carboxylic acids is 1. The average molecular weight is 296 g/mol. The van der Waals surface area contributed by atoms with Crippen LogP contribution in [0.4, 0.5) is 5.88 Å². The number of carbonyl (C=O) groups is 1. The highest BCUT2D eigenvalue weighted by Crippen LogP contribution is 2.21. The first-order valence-corrected chi connectivity index (χ1v) is 7.08. The first kappa shape index (κ1) is 14.1. The van der Waals surface area contributed by atoms with Gasteiger partial charge in [0.15, 0.2) is 0 Å². The Morgan fingerprint density at radius 1 is 1.25 bits per heavy atom. The summed E-state index contributed by atoms with van der Waals surface area (Å²) >= 11 is 0. The van der Waals surface area contributed by atoms with E-state index in [4.69, 9.17) is 9.63 Å².